The molecule has 0 bridgehead atoms. The molecule has 0 aromatic heterocycles. The molecule has 0 spiro atoms. The average molecular weight is 443 g/mol. The minimum absolute atomic E-state index is 0.00320. The number of ether oxygens (including phenoxy) is 3. The molecule has 3 amide bonds. The maximum atomic E-state index is 12.7. The standard InChI is InChI=1S/C22H38N2O7/c1-10-11-15(16-14-29-22(8,9)24(16)17(25)26)12-13-23(18(27)30-20(2,3)4)19(28)31-21(5,6)7/h10-11,15-16H,12-14H2,1-9H3,(H,25,26). The number of carboxylic acid groups (broad SMARTS) is 1. The van der Waals surface area contributed by atoms with Crippen LogP contribution in [0.1, 0.15) is 68.7 Å². The number of nitrogens with zero attached hydrogens (tertiary/aromatic N) is 2. The number of imide groups is 1. The van der Waals surface area contributed by atoms with Gasteiger partial charge in [-0.05, 0) is 68.7 Å². The quantitative estimate of drug-likeness (QED) is 0.606. The SMILES string of the molecule is CC=CC(CCN(C(=O)OC(C)(C)C)C(=O)OC(C)(C)C)C1COC(C)(C)N1C(=O)O. The third-order valence-corrected chi connectivity index (χ3v) is 4.57. The van der Waals surface area contributed by atoms with Crippen LogP contribution in [-0.2, 0) is 14.2 Å². The van der Waals surface area contributed by atoms with Gasteiger partial charge in [-0.1, -0.05) is 12.2 Å². The summed E-state index contributed by atoms with van der Waals surface area (Å²) in [5.74, 6) is -0.282. The van der Waals surface area contributed by atoms with Crippen molar-refractivity contribution in [1.82, 2.24) is 9.80 Å². The summed E-state index contributed by atoms with van der Waals surface area (Å²) < 4.78 is 16.5. The fraction of sp³-hybridized carbons (Fsp3) is 0.773. The van der Waals surface area contributed by atoms with Gasteiger partial charge in [0.25, 0.3) is 0 Å². The van der Waals surface area contributed by atoms with Gasteiger partial charge in [-0.15, -0.1) is 0 Å². The first-order valence-corrected chi connectivity index (χ1v) is 10.5. The van der Waals surface area contributed by atoms with Gasteiger partial charge >= 0.3 is 18.3 Å². The molecule has 1 saturated heterocycles. The van der Waals surface area contributed by atoms with Crippen LogP contribution in [-0.4, -0.2) is 69.3 Å². The van der Waals surface area contributed by atoms with Crippen LogP contribution in [0, 0.1) is 5.92 Å². The molecular formula is C22H38N2O7. The Balaban J connectivity index is 3.09. The van der Waals surface area contributed by atoms with Gasteiger partial charge in [-0.3, -0.25) is 4.90 Å². The molecule has 0 radical (unpaired) electrons. The van der Waals surface area contributed by atoms with E-state index in [0.717, 1.165) is 4.90 Å². The Kier molecular flexibility index (Phi) is 8.53. The summed E-state index contributed by atoms with van der Waals surface area (Å²) in [6, 6.07) is -0.456. The van der Waals surface area contributed by atoms with Crippen molar-refractivity contribution in [2.45, 2.75) is 91.7 Å². The predicted molar refractivity (Wildman–Crippen MR) is 116 cm³/mol. The summed E-state index contributed by atoms with van der Waals surface area (Å²) in [6.45, 7) is 15.7. The Bertz CT molecular complexity index is 661. The number of amides is 3. The maximum absolute atomic E-state index is 12.7. The lowest BCUT2D eigenvalue weighted by molar-refractivity contribution is -0.0433. The van der Waals surface area contributed by atoms with E-state index in [0.29, 0.717) is 6.42 Å². The van der Waals surface area contributed by atoms with Gasteiger partial charge in [-0.2, -0.15) is 0 Å². The van der Waals surface area contributed by atoms with Gasteiger partial charge in [-0.25, -0.2) is 19.3 Å². The van der Waals surface area contributed by atoms with Crippen LogP contribution in [0.25, 0.3) is 0 Å². The molecule has 0 aliphatic carbocycles. The minimum atomic E-state index is -1.09. The Hall–Kier alpha value is -2.29. The van der Waals surface area contributed by atoms with E-state index in [1.807, 2.05) is 19.1 Å². The molecule has 0 aromatic carbocycles. The fourth-order valence-corrected chi connectivity index (χ4v) is 3.35. The van der Waals surface area contributed by atoms with Crippen LogP contribution in [0.5, 0.6) is 0 Å². The number of allylic oxidation sites excluding steroid dienone is 1. The summed E-state index contributed by atoms with van der Waals surface area (Å²) in [6.07, 6.45) is 1.31. The normalized spacial score (nSPS) is 19.9. The molecule has 0 aromatic rings. The molecule has 1 rings (SSSR count). The lowest BCUT2D eigenvalue weighted by Crippen LogP contribution is -2.50. The Labute approximate surface area is 185 Å². The summed E-state index contributed by atoms with van der Waals surface area (Å²) >= 11 is 0. The predicted octanol–water partition coefficient (Wildman–Crippen LogP) is 4.86. The second-order valence-corrected chi connectivity index (χ2v) is 10.1. The summed E-state index contributed by atoms with van der Waals surface area (Å²) in [4.78, 5) is 39.5. The third-order valence-electron chi connectivity index (χ3n) is 4.57. The topological polar surface area (TPSA) is 106 Å². The second kappa shape index (κ2) is 9.89. The highest BCUT2D eigenvalue weighted by atomic mass is 16.6. The van der Waals surface area contributed by atoms with Crippen LogP contribution >= 0.6 is 0 Å². The lowest BCUT2D eigenvalue weighted by Gasteiger charge is -2.34. The van der Waals surface area contributed by atoms with Gasteiger partial charge in [0.1, 0.15) is 16.9 Å². The summed E-state index contributed by atoms with van der Waals surface area (Å²) in [5, 5.41) is 9.71. The van der Waals surface area contributed by atoms with E-state index < -0.39 is 41.2 Å². The van der Waals surface area contributed by atoms with E-state index in [9.17, 15) is 19.5 Å². The molecule has 9 nitrogen and oxygen atoms in total. The van der Waals surface area contributed by atoms with E-state index in [-0.39, 0.29) is 19.1 Å². The van der Waals surface area contributed by atoms with Crippen molar-refractivity contribution in [2.24, 2.45) is 5.92 Å². The smallest absolute Gasteiger partial charge is 0.419 e. The maximum Gasteiger partial charge on any atom is 0.419 e. The van der Waals surface area contributed by atoms with Gasteiger partial charge in [0.15, 0.2) is 0 Å². The van der Waals surface area contributed by atoms with E-state index in [1.165, 1.54) is 4.90 Å². The van der Waals surface area contributed by atoms with E-state index in [2.05, 4.69) is 0 Å². The molecule has 178 valence electrons. The third kappa shape index (κ3) is 8.05. The van der Waals surface area contributed by atoms with Crippen molar-refractivity contribution in [3.05, 3.63) is 12.2 Å². The zero-order valence-corrected chi connectivity index (χ0v) is 20.2. The van der Waals surface area contributed by atoms with Gasteiger partial charge < -0.3 is 19.3 Å². The second-order valence-electron chi connectivity index (χ2n) is 10.1. The highest BCUT2D eigenvalue weighted by molar-refractivity contribution is 5.88. The monoisotopic (exact) mass is 442 g/mol. The number of hydrogen-bond donors (Lipinski definition) is 1. The Morgan fingerprint density at radius 3 is 2.00 bits per heavy atom. The van der Waals surface area contributed by atoms with E-state index >= 15 is 0 Å². The Morgan fingerprint density at radius 1 is 1.13 bits per heavy atom. The minimum Gasteiger partial charge on any atom is -0.465 e. The van der Waals surface area contributed by atoms with Crippen LogP contribution in [0.4, 0.5) is 14.4 Å². The first kappa shape index (κ1) is 26.7. The lowest BCUT2D eigenvalue weighted by atomic mass is 9.94. The number of hydrogen-bond acceptors (Lipinski definition) is 6. The molecule has 0 saturated carbocycles. The van der Waals surface area contributed by atoms with E-state index in [4.69, 9.17) is 14.2 Å². The zero-order chi connectivity index (χ0) is 24.2. The van der Waals surface area contributed by atoms with Crippen molar-refractivity contribution in [3.8, 4) is 0 Å². The highest BCUT2D eigenvalue weighted by Crippen LogP contribution is 2.33. The van der Waals surface area contributed by atoms with Gasteiger partial charge in [0.05, 0.1) is 12.6 Å². The number of rotatable bonds is 5. The summed E-state index contributed by atoms with van der Waals surface area (Å²) in [7, 11) is 0. The first-order valence-electron chi connectivity index (χ1n) is 10.5. The van der Waals surface area contributed by atoms with Crippen molar-refractivity contribution < 1.29 is 33.7 Å². The van der Waals surface area contributed by atoms with Crippen molar-refractivity contribution in [3.63, 3.8) is 0 Å². The van der Waals surface area contributed by atoms with Crippen LogP contribution < -0.4 is 0 Å². The molecule has 9 heteroatoms. The highest BCUT2D eigenvalue weighted by Gasteiger charge is 2.46. The van der Waals surface area contributed by atoms with Crippen molar-refractivity contribution in [2.75, 3.05) is 13.2 Å². The van der Waals surface area contributed by atoms with Crippen LogP contribution in [0.15, 0.2) is 12.2 Å². The zero-order valence-electron chi connectivity index (χ0n) is 20.2. The van der Waals surface area contributed by atoms with Gasteiger partial charge in [0, 0.05) is 12.5 Å². The Morgan fingerprint density at radius 2 is 1.61 bits per heavy atom. The van der Waals surface area contributed by atoms with Crippen molar-refractivity contribution >= 4 is 18.3 Å². The van der Waals surface area contributed by atoms with Crippen LogP contribution in [0.2, 0.25) is 0 Å². The number of carbonyl (C=O) groups is 3. The molecule has 1 aliphatic rings. The molecular weight excluding hydrogens is 404 g/mol. The molecule has 1 heterocycles. The molecule has 2 atom stereocenters. The van der Waals surface area contributed by atoms with Crippen LogP contribution in [0.3, 0.4) is 0 Å². The summed E-state index contributed by atoms with van der Waals surface area (Å²) in [5.41, 5.74) is -2.54. The molecule has 2 unspecified atom stereocenters. The molecule has 1 aliphatic heterocycles. The largest absolute Gasteiger partial charge is 0.465 e. The fourth-order valence-electron chi connectivity index (χ4n) is 3.35. The van der Waals surface area contributed by atoms with Crippen molar-refractivity contribution in [1.29, 1.82) is 0 Å². The van der Waals surface area contributed by atoms with E-state index in [1.54, 1.807) is 55.4 Å². The molecule has 1 fully saturated rings. The molecule has 1 N–H and O–H groups in total. The average Bonchev–Trinajstić information content (AvgIpc) is 2.85. The number of carbonyl (C=O) groups excluding carboxylic acids is 2. The first-order chi connectivity index (χ1) is 14.0. The van der Waals surface area contributed by atoms with Gasteiger partial charge in [0.2, 0.25) is 0 Å². The molecule has 31 heavy (non-hydrogen) atoms.